The molecule has 19 heavy (non-hydrogen) atoms. The third-order valence-electron chi connectivity index (χ3n) is 3.11. The van der Waals surface area contributed by atoms with E-state index < -0.39 is 6.04 Å². The Labute approximate surface area is 115 Å². The minimum atomic E-state index is -0.548. The van der Waals surface area contributed by atoms with Crippen LogP contribution in [-0.4, -0.2) is 23.1 Å². The largest absolute Gasteiger partial charge is 0.508 e. The second kappa shape index (κ2) is 7.79. The van der Waals surface area contributed by atoms with Gasteiger partial charge in [-0.3, -0.25) is 4.79 Å². The molecule has 4 heteroatoms. The molecule has 4 nitrogen and oxygen atoms in total. The van der Waals surface area contributed by atoms with Crippen molar-refractivity contribution in [3.8, 4) is 5.75 Å². The second-order valence-corrected chi connectivity index (χ2v) is 5.03. The molecule has 0 saturated heterocycles. The van der Waals surface area contributed by atoms with Gasteiger partial charge in [-0.1, -0.05) is 31.9 Å². The van der Waals surface area contributed by atoms with E-state index in [4.69, 9.17) is 5.73 Å². The van der Waals surface area contributed by atoms with Crippen molar-refractivity contribution in [2.24, 2.45) is 5.73 Å². The fraction of sp³-hybridized carbons (Fsp3) is 0.533. The Morgan fingerprint density at radius 2 is 2.00 bits per heavy atom. The number of rotatable bonds is 7. The summed E-state index contributed by atoms with van der Waals surface area (Å²) in [6.07, 6.45) is 3.69. The summed E-state index contributed by atoms with van der Waals surface area (Å²) >= 11 is 0. The number of hydrogen-bond donors (Lipinski definition) is 3. The predicted molar refractivity (Wildman–Crippen MR) is 76.9 cm³/mol. The smallest absolute Gasteiger partial charge is 0.237 e. The normalized spacial score (nSPS) is 13.8. The van der Waals surface area contributed by atoms with E-state index in [-0.39, 0.29) is 17.7 Å². The molecule has 2 atom stereocenters. The first kappa shape index (κ1) is 15.5. The first-order valence-corrected chi connectivity index (χ1v) is 6.86. The van der Waals surface area contributed by atoms with Crippen LogP contribution in [0.15, 0.2) is 24.3 Å². The van der Waals surface area contributed by atoms with Gasteiger partial charge in [0.05, 0.1) is 6.04 Å². The molecule has 1 rings (SSSR count). The first-order chi connectivity index (χ1) is 9.02. The number of nitrogens with one attached hydrogen (secondary N) is 1. The molecule has 0 saturated carbocycles. The van der Waals surface area contributed by atoms with Gasteiger partial charge in [-0.2, -0.15) is 0 Å². The quantitative estimate of drug-likeness (QED) is 0.704. The average Bonchev–Trinajstić information content (AvgIpc) is 2.39. The molecule has 106 valence electrons. The zero-order valence-electron chi connectivity index (χ0n) is 11.7. The Balaban J connectivity index is 2.42. The summed E-state index contributed by atoms with van der Waals surface area (Å²) < 4.78 is 0. The molecule has 0 aliphatic carbocycles. The van der Waals surface area contributed by atoms with Gasteiger partial charge < -0.3 is 16.2 Å². The van der Waals surface area contributed by atoms with Crippen LogP contribution in [-0.2, 0) is 11.2 Å². The number of phenols is 1. The predicted octanol–water partition coefficient (Wildman–Crippen LogP) is 1.96. The van der Waals surface area contributed by atoms with Crippen molar-refractivity contribution in [2.75, 3.05) is 0 Å². The number of carbonyl (C=O) groups excluding carboxylic acids is 1. The van der Waals surface area contributed by atoms with Crippen LogP contribution < -0.4 is 11.1 Å². The van der Waals surface area contributed by atoms with Gasteiger partial charge in [-0.05, 0) is 37.5 Å². The van der Waals surface area contributed by atoms with Crippen molar-refractivity contribution in [2.45, 2.75) is 51.6 Å². The van der Waals surface area contributed by atoms with Crippen LogP contribution in [0.25, 0.3) is 0 Å². The molecule has 0 radical (unpaired) electrons. The molecule has 1 aromatic carbocycles. The molecule has 0 aliphatic rings. The molecule has 0 heterocycles. The minimum Gasteiger partial charge on any atom is -0.508 e. The molecular formula is C15H24N2O2. The summed E-state index contributed by atoms with van der Waals surface area (Å²) in [4.78, 5) is 11.9. The highest BCUT2D eigenvalue weighted by molar-refractivity contribution is 5.82. The average molecular weight is 264 g/mol. The first-order valence-electron chi connectivity index (χ1n) is 6.86. The summed E-state index contributed by atoms with van der Waals surface area (Å²) in [6.45, 7) is 4.13. The van der Waals surface area contributed by atoms with Crippen LogP contribution in [0.4, 0.5) is 0 Å². The van der Waals surface area contributed by atoms with Gasteiger partial charge in [-0.25, -0.2) is 0 Å². The van der Waals surface area contributed by atoms with Gasteiger partial charge >= 0.3 is 0 Å². The lowest BCUT2D eigenvalue weighted by Crippen LogP contribution is -2.45. The van der Waals surface area contributed by atoms with Gasteiger partial charge in [0.2, 0.25) is 5.91 Å². The highest BCUT2D eigenvalue weighted by Gasteiger charge is 2.15. The van der Waals surface area contributed by atoms with Crippen LogP contribution in [0.3, 0.4) is 0 Å². The van der Waals surface area contributed by atoms with E-state index in [0.29, 0.717) is 6.42 Å². The van der Waals surface area contributed by atoms with E-state index in [9.17, 15) is 9.90 Å². The van der Waals surface area contributed by atoms with Crippen molar-refractivity contribution in [1.82, 2.24) is 5.32 Å². The SMILES string of the molecule is CCCCC(C)NC(=O)[C@@H](N)Cc1ccc(O)cc1. The monoisotopic (exact) mass is 264 g/mol. The molecular weight excluding hydrogens is 240 g/mol. The Hall–Kier alpha value is -1.55. The third-order valence-corrected chi connectivity index (χ3v) is 3.11. The Morgan fingerprint density at radius 3 is 2.58 bits per heavy atom. The van der Waals surface area contributed by atoms with Crippen molar-refractivity contribution < 1.29 is 9.90 Å². The highest BCUT2D eigenvalue weighted by Crippen LogP contribution is 2.11. The van der Waals surface area contributed by atoms with E-state index in [2.05, 4.69) is 12.2 Å². The maximum Gasteiger partial charge on any atom is 0.237 e. The fourth-order valence-electron chi connectivity index (χ4n) is 1.91. The van der Waals surface area contributed by atoms with E-state index in [1.54, 1.807) is 24.3 Å². The van der Waals surface area contributed by atoms with Crippen LogP contribution in [0, 0.1) is 0 Å². The summed E-state index contributed by atoms with van der Waals surface area (Å²) in [5.41, 5.74) is 6.84. The standard InChI is InChI=1S/C15H24N2O2/c1-3-4-5-11(2)17-15(19)14(16)10-12-6-8-13(18)9-7-12/h6-9,11,14,18H,3-5,10,16H2,1-2H3,(H,17,19)/t11?,14-/m0/s1. The molecule has 0 fully saturated rings. The zero-order chi connectivity index (χ0) is 14.3. The number of aromatic hydroxyl groups is 1. The van der Waals surface area contributed by atoms with Crippen LogP contribution >= 0.6 is 0 Å². The number of phenolic OH excluding ortho intramolecular Hbond substituents is 1. The molecule has 0 aromatic heterocycles. The van der Waals surface area contributed by atoms with Gasteiger partial charge in [0, 0.05) is 6.04 Å². The molecule has 1 unspecified atom stereocenters. The van der Waals surface area contributed by atoms with Crippen molar-refractivity contribution in [1.29, 1.82) is 0 Å². The third kappa shape index (κ3) is 5.75. The lowest BCUT2D eigenvalue weighted by Gasteiger charge is -2.17. The number of nitrogens with two attached hydrogens (primary N) is 1. The maximum atomic E-state index is 11.9. The molecule has 0 aliphatic heterocycles. The lowest BCUT2D eigenvalue weighted by atomic mass is 10.0. The van der Waals surface area contributed by atoms with Gasteiger partial charge in [0.25, 0.3) is 0 Å². The lowest BCUT2D eigenvalue weighted by molar-refractivity contribution is -0.123. The second-order valence-electron chi connectivity index (χ2n) is 5.03. The molecule has 1 amide bonds. The molecule has 0 bridgehead atoms. The minimum absolute atomic E-state index is 0.114. The van der Waals surface area contributed by atoms with Gasteiger partial charge in [0.15, 0.2) is 0 Å². The van der Waals surface area contributed by atoms with E-state index in [1.165, 1.54) is 0 Å². The summed E-state index contributed by atoms with van der Waals surface area (Å²) in [6, 6.07) is 6.38. The number of unbranched alkanes of at least 4 members (excludes halogenated alkanes) is 1. The van der Waals surface area contributed by atoms with E-state index in [1.807, 2.05) is 6.92 Å². The summed E-state index contributed by atoms with van der Waals surface area (Å²) in [5.74, 6) is 0.103. The summed E-state index contributed by atoms with van der Waals surface area (Å²) in [5, 5.41) is 12.1. The Kier molecular flexibility index (Phi) is 6.36. The van der Waals surface area contributed by atoms with Crippen LogP contribution in [0.5, 0.6) is 5.75 Å². The number of benzene rings is 1. The number of carbonyl (C=O) groups is 1. The van der Waals surface area contributed by atoms with Crippen molar-refractivity contribution >= 4 is 5.91 Å². The van der Waals surface area contributed by atoms with E-state index >= 15 is 0 Å². The van der Waals surface area contributed by atoms with Gasteiger partial charge in [-0.15, -0.1) is 0 Å². The fourth-order valence-corrected chi connectivity index (χ4v) is 1.91. The van der Waals surface area contributed by atoms with E-state index in [0.717, 1.165) is 24.8 Å². The van der Waals surface area contributed by atoms with Crippen LogP contribution in [0.2, 0.25) is 0 Å². The van der Waals surface area contributed by atoms with Crippen molar-refractivity contribution in [3.63, 3.8) is 0 Å². The Bertz CT molecular complexity index is 390. The molecule has 1 aromatic rings. The highest BCUT2D eigenvalue weighted by atomic mass is 16.3. The van der Waals surface area contributed by atoms with Gasteiger partial charge in [0.1, 0.15) is 5.75 Å². The molecule has 4 N–H and O–H groups in total. The topological polar surface area (TPSA) is 75.4 Å². The number of hydrogen-bond acceptors (Lipinski definition) is 3. The summed E-state index contributed by atoms with van der Waals surface area (Å²) in [7, 11) is 0. The molecule has 0 spiro atoms. The van der Waals surface area contributed by atoms with Crippen molar-refractivity contribution in [3.05, 3.63) is 29.8 Å². The van der Waals surface area contributed by atoms with Crippen LogP contribution in [0.1, 0.15) is 38.7 Å². The number of amides is 1. The maximum absolute atomic E-state index is 11.9. The Morgan fingerprint density at radius 1 is 1.37 bits per heavy atom. The zero-order valence-corrected chi connectivity index (χ0v) is 11.7.